The van der Waals surface area contributed by atoms with Gasteiger partial charge in [-0.25, -0.2) is 4.98 Å². The Morgan fingerprint density at radius 1 is 1.30 bits per heavy atom. The van der Waals surface area contributed by atoms with Crippen molar-refractivity contribution in [3.63, 3.8) is 0 Å². The van der Waals surface area contributed by atoms with Crippen LogP contribution in [-0.4, -0.2) is 50.9 Å². The highest BCUT2D eigenvalue weighted by Crippen LogP contribution is 2.29. The number of carbonyl (C=O) groups excluding carboxylic acids is 1. The fraction of sp³-hybridized carbons (Fsp3) is 0.368. The van der Waals surface area contributed by atoms with Crippen molar-refractivity contribution in [2.45, 2.75) is 30.2 Å². The van der Waals surface area contributed by atoms with E-state index in [0.29, 0.717) is 18.2 Å². The molecule has 0 spiro atoms. The van der Waals surface area contributed by atoms with Crippen LogP contribution in [0.5, 0.6) is 5.88 Å². The molecule has 4 rings (SSSR count). The highest BCUT2D eigenvalue weighted by atomic mass is 32.2. The van der Waals surface area contributed by atoms with Gasteiger partial charge in [-0.1, -0.05) is 23.9 Å². The van der Waals surface area contributed by atoms with Gasteiger partial charge in [0, 0.05) is 12.6 Å². The van der Waals surface area contributed by atoms with Crippen LogP contribution >= 0.6 is 23.1 Å². The molecule has 0 aliphatic carbocycles. The monoisotopic (exact) mass is 400 g/mol. The Morgan fingerprint density at radius 3 is 3.00 bits per heavy atom. The SMILES string of the molecule is Cc1ccc(OC2CCCN(C(=O)CSc3nc4ccccc4s3)C2)nn1. The number of aryl methyl sites for hydroxylation is 1. The van der Waals surface area contributed by atoms with Crippen molar-refractivity contribution in [1.82, 2.24) is 20.1 Å². The predicted molar refractivity (Wildman–Crippen MR) is 107 cm³/mol. The third kappa shape index (κ3) is 4.56. The Hall–Kier alpha value is -2.19. The van der Waals surface area contributed by atoms with Crippen molar-refractivity contribution in [3.8, 4) is 5.88 Å². The number of carbonyl (C=O) groups is 1. The Bertz CT molecular complexity index is 896. The number of rotatable bonds is 5. The molecule has 1 saturated heterocycles. The van der Waals surface area contributed by atoms with E-state index in [1.54, 1.807) is 11.3 Å². The summed E-state index contributed by atoms with van der Waals surface area (Å²) in [6.45, 7) is 3.26. The van der Waals surface area contributed by atoms with Crippen molar-refractivity contribution >= 4 is 39.2 Å². The van der Waals surface area contributed by atoms with Crippen LogP contribution in [-0.2, 0) is 4.79 Å². The molecule has 1 aromatic carbocycles. The Balaban J connectivity index is 1.32. The third-order valence-corrected chi connectivity index (χ3v) is 6.55. The maximum atomic E-state index is 12.6. The summed E-state index contributed by atoms with van der Waals surface area (Å²) in [5.41, 5.74) is 1.85. The number of amides is 1. The summed E-state index contributed by atoms with van der Waals surface area (Å²) in [6, 6.07) is 11.7. The van der Waals surface area contributed by atoms with Crippen LogP contribution in [0, 0.1) is 6.92 Å². The molecule has 140 valence electrons. The fourth-order valence-corrected chi connectivity index (χ4v) is 4.98. The van der Waals surface area contributed by atoms with Gasteiger partial charge >= 0.3 is 0 Å². The van der Waals surface area contributed by atoms with Crippen LogP contribution in [0.15, 0.2) is 40.7 Å². The summed E-state index contributed by atoms with van der Waals surface area (Å²) in [7, 11) is 0. The lowest BCUT2D eigenvalue weighted by Crippen LogP contribution is -2.45. The first-order valence-corrected chi connectivity index (χ1v) is 10.7. The molecule has 8 heteroatoms. The van der Waals surface area contributed by atoms with Gasteiger partial charge in [0.2, 0.25) is 11.8 Å². The van der Waals surface area contributed by atoms with E-state index in [2.05, 4.69) is 21.2 Å². The van der Waals surface area contributed by atoms with Crippen molar-refractivity contribution in [2.24, 2.45) is 0 Å². The first-order valence-electron chi connectivity index (χ1n) is 8.90. The fourth-order valence-electron chi connectivity index (χ4n) is 3.01. The molecule has 0 N–H and O–H groups in total. The summed E-state index contributed by atoms with van der Waals surface area (Å²) >= 11 is 3.14. The Morgan fingerprint density at radius 2 is 2.19 bits per heavy atom. The number of benzene rings is 1. The predicted octanol–water partition coefficient (Wildman–Crippen LogP) is 3.56. The molecule has 3 heterocycles. The second-order valence-corrected chi connectivity index (χ2v) is 8.72. The lowest BCUT2D eigenvalue weighted by molar-refractivity contribution is -0.130. The highest BCUT2D eigenvalue weighted by Gasteiger charge is 2.25. The zero-order valence-corrected chi connectivity index (χ0v) is 16.6. The smallest absolute Gasteiger partial charge is 0.233 e. The van der Waals surface area contributed by atoms with Gasteiger partial charge in [-0.3, -0.25) is 4.79 Å². The quantitative estimate of drug-likeness (QED) is 0.610. The lowest BCUT2D eigenvalue weighted by Gasteiger charge is -2.32. The molecule has 3 aromatic rings. The van der Waals surface area contributed by atoms with Crippen molar-refractivity contribution < 1.29 is 9.53 Å². The molecule has 0 radical (unpaired) electrons. The number of para-hydroxylation sites is 1. The molecule has 1 aliphatic heterocycles. The highest BCUT2D eigenvalue weighted by molar-refractivity contribution is 8.01. The number of likely N-dealkylation sites (tertiary alicyclic amines) is 1. The maximum absolute atomic E-state index is 12.6. The second kappa shape index (κ2) is 8.22. The van der Waals surface area contributed by atoms with E-state index in [1.165, 1.54) is 11.8 Å². The van der Waals surface area contributed by atoms with Gasteiger partial charge in [-0.05, 0) is 38.0 Å². The first kappa shape index (κ1) is 18.2. The van der Waals surface area contributed by atoms with Crippen LogP contribution in [0.4, 0.5) is 0 Å². The van der Waals surface area contributed by atoms with Gasteiger partial charge in [0.05, 0.1) is 28.2 Å². The van der Waals surface area contributed by atoms with E-state index in [1.807, 2.05) is 42.2 Å². The molecule has 1 atom stereocenters. The van der Waals surface area contributed by atoms with Crippen LogP contribution in [0.1, 0.15) is 18.5 Å². The number of hydrogen-bond donors (Lipinski definition) is 0. The normalized spacial score (nSPS) is 17.2. The number of ether oxygens (including phenoxy) is 1. The number of aromatic nitrogens is 3. The van der Waals surface area contributed by atoms with E-state index < -0.39 is 0 Å². The number of piperidine rings is 1. The number of hydrogen-bond acceptors (Lipinski definition) is 7. The average Bonchev–Trinajstić information content (AvgIpc) is 3.11. The van der Waals surface area contributed by atoms with E-state index in [9.17, 15) is 4.79 Å². The molecule has 27 heavy (non-hydrogen) atoms. The van der Waals surface area contributed by atoms with E-state index in [4.69, 9.17) is 4.74 Å². The molecular weight excluding hydrogens is 380 g/mol. The van der Waals surface area contributed by atoms with Crippen LogP contribution in [0.3, 0.4) is 0 Å². The first-order chi connectivity index (χ1) is 13.2. The standard InChI is InChI=1S/C19H20N4O2S2/c1-13-8-9-17(22-21-13)25-14-5-4-10-23(11-14)18(24)12-26-19-20-15-6-2-3-7-16(15)27-19/h2-3,6-9,14H,4-5,10-12H2,1H3. The zero-order chi connectivity index (χ0) is 18.6. The van der Waals surface area contributed by atoms with Gasteiger partial charge in [0.15, 0.2) is 4.34 Å². The Labute approximate surface area is 166 Å². The summed E-state index contributed by atoms with van der Waals surface area (Å²) in [5, 5.41) is 8.07. The van der Waals surface area contributed by atoms with Gasteiger partial charge in [0.1, 0.15) is 6.10 Å². The third-order valence-electron chi connectivity index (χ3n) is 4.39. The molecule has 1 aliphatic rings. The minimum Gasteiger partial charge on any atom is -0.471 e. The van der Waals surface area contributed by atoms with E-state index >= 15 is 0 Å². The van der Waals surface area contributed by atoms with Gasteiger partial charge in [0.25, 0.3) is 0 Å². The molecular formula is C19H20N4O2S2. The molecule has 2 aromatic heterocycles. The van der Waals surface area contributed by atoms with E-state index in [0.717, 1.165) is 39.6 Å². The second-order valence-electron chi connectivity index (χ2n) is 6.47. The number of thioether (sulfide) groups is 1. The minimum atomic E-state index is -0.0350. The largest absolute Gasteiger partial charge is 0.471 e. The van der Waals surface area contributed by atoms with Gasteiger partial charge in [-0.15, -0.1) is 16.4 Å². The van der Waals surface area contributed by atoms with Crippen molar-refractivity contribution in [3.05, 3.63) is 42.1 Å². The van der Waals surface area contributed by atoms with Gasteiger partial charge in [-0.2, -0.15) is 5.10 Å². The summed E-state index contributed by atoms with van der Waals surface area (Å²) in [6.07, 6.45) is 1.82. The summed E-state index contributed by atoms with van der Waals surface area (Å²) in [5.74, 6) is 1.04. The maximum Gasteiger partial charge on any atom is 0.233 e. The average molecular weight is 401 g/mol. The minimum absolute atomic E-state index is 0.0350. The van der Waals surface area contributed by atoms with Gasteiger partial charge < -0.3 is 9.64 Å². The van der Waals surface area contributed by atoms with Crippen LogP contribution < -0.4 is 4.74 Å². The number of fused-ring (bicyclic) bond motifs is 1. The molecule has 0 bridgehead atoms. The zero-order valence-electron chi connectivity index (χ0n) is 15.0. The Kier molecular flexibility index (Phi) is 5.54. The molecule has 1 unspecified atom stereocenters. The molecule has 6 nitrogen and oxygen atoms in total. The van der Waals surface area contributed by atoms with Crippen molar-refractivity contribution in [2.75, 3.05) is 18.8 Å². The molecule has 1 fully saturated rings. The van der Waals surface area contributed by atoms with Crippen LogP contribution in [0.2, 0.25) is 0 Å². The molecule has 0 saturated carbocycles. The van der Waals surface area contributed by atoms with Crippen molar-refractivity contribution in [1.29, 1.82) is 0 Å². The summed E-state index contributed by atoms with van der Waals surface area (Å²) < 4.78 is 7.99. The topological polar surface area (TPSA) is 68.2 Å². The van der Waals surface area contributed by atoms with Crippen LogP contribution in [0.25, 0.3) is 10.2 Å². The van der Waals surface area contributed by atoms with E-state index in [-0.39, 0.29) is 12.0 Å². The molecule has 1 amide bonds. The number of nitrogens with zero attached hydrogens (tertiary/aromatic N) is 4. The lowest BCUT2D eigenvalue weighted by atomic mass is 10.1. The number of thiazole rings is 1. The summed E-state index contributed by atoms with van der Waals surface area (Å²) in [4.78, 5) is 19.1.